The fraction of sp³-hybridized carbons (Fsp3) is 0.600. The van der Waals surface area contributed by atoms with Gasteiger partial charge in [0.2, 0.25) is 5.91 Å². The molecule has 2 N–H and O–H groups in total. The van der Waals surface area contributed by atoms with E-state index in [1.807, 2.05) is 13.0 Å². The van der Waals surface area contributed by atoms with Crippen LogP contribution in [-0.4, -0.2) is 40.4 Å². The summed E-state index contributed by atoms with van der Waals surface area (Å²) in [6.07, 6.45) is 6.82. The summed E-state index contributed by atoms with van der Waals surface area (Å²) in [4.78, 5) is 22.7. The number of aromatic amines is 1. The number of fused-ring (bicyclic) bond motifs is 1. The number of rotatable bonds is 6. The number of amides is 1. The Morgan fingerprint density at radius 1 is 1.28 bits per heavy atom. The zero-order chi connectivity index (χ0) is 17.6. The zero-order valence-electron chi connectivity index (χ0n) is 15.5. The fourth-order valence-corrected chi connectivity index (χ4v) is 3.55. The van der Waals surface area contributed by atoms with Crippen LogP contribution in [0.25, 0.3) is 11.0 Å². The summed E-state index contributed by atoms with van der Waals surface area (Å²) in [5.41, 5.74) is 3.17. The highest BCUT2D eigenvalue weighted by molar-refractivity contribution is 5.77. The molecule has 1 aliphatic heterocycles. The van der Waals surface area contributed by atoms with Crippen LogP contribution in [0.4, 0.5) is 0 Å². The molecule has 2 heterocycles. The van der Waals surface area contributed by atoms with Gasteiger partial charge in [-0.3, -0.25) is 4.79 Å². The zero-order valence-corrected chi connectivity index (χ0v) is 15.5. The number of carbonyl (C=O) groups excluding carboxylic acids is 1. The van der Waals surface area contributed by atoms with Crippen molar-refractivity contribution in [3.05, 3.63) is 29.6 Å². The smallest absolute Gasteiger partial charge is 0.220 e. The first-order valence-corrected chi connectivity index (χ1v) is 9.60. The number of nitrogens with one attached hydrogen (secondary N) is 2. The number of aromatic nitrogens is 2. The molecule has 0 radical (unpaired) electrons. The molecule has 0 bridgehead atoms. The molecule has 2 aromatic rings. The Balaban J connectivity index is 1.46. The lowest BCUT2D eigenvalue weighted by molar-refractivity contribution is -0.121. The second kappa shape index (κ2) is 8.48. The minimum absolute atomic E-state index is 0.0987. The van der Waals surface area contributed by atoms with Crippen LogP contribution in [0.5, 0.6) is 0 Å². The van der Waals surface area contributed by atoms with Crippen molar-refractivity contribution in [2.24, 2.45) is 0 Å². The molecule has 1 atom stereocenters. The number of imidazole rings is 1. The maximum absolute atomic E-state index is 12.2. The molecule has 0 aliphatic carbocycles. The van der Waals surface area contributed by atoms with E-state index in [4.69, 9.17) is 0 Å². The fourth-order valence-electron chi connectivity index (χ4n) is 3.55. The highest BCUT2D eigenvalue weighted by Crippen LogP contribution is 2.17. The predicted molar refractivity (Wildman–Crippen MR) is 102 cm³/mol. The van der Waals surface area contributed by atoms with Crippen molar-refractivity contribution in [2.45, 2.75) is 58.4 Å². The number of aryl methyl sites for hydroxylation is 1. The minimum Gasteiger partial charge on any atom is -0.346 e. The Kier molecular flexibility index (Phi) is 6.08. The maximum atomic E-state index is 12.2. The van der Waals surface area contributed by atoms with Crippen molar-refractivity contribution in [3.8, 4) is 0 Å². The summed E-state index contributed by atoms with van der Waals surface area (Å²) in [5, 5.41) is 3.07. The Morgan fingerprint density at radius 2 is 2.04 bits per heavy atom. The molecule has 0 spiro atoms. The number of H-pyrrole nitrogens is 1. The summed E-state index contributed by atoms with van der Waals surface area (Å²) >= 11 is 0. The molecule has 1 unspecified atom stereocenters. The van der Waals surface area contributed by atoms with Gasteiger partial charge in [-0.2, -0.15) is 0 Å². The molecule has 1 fully saturated rings. The molecule has 3 rings (SSSR count). The van der Waals surface area contributed by atoms with Gasteiger partial charge in [0.1, 0.15) is 5.82 Å². The van der Waals surface area contributed by atoms with Gasteiger partial charge < -0.3 is 15.2 Å². The van der Waals surface area contributed by atoms with E-state index < -0.39 is 0 Å². The van der Waals surface area contributed by atoms with Gasteiger partial charge in [-0.05, 0) is 70.4 Å². The normalized spacial score (nSPS) is 17.4. The standard InChI is InChI=1S/C20H30N4O/c1-15-9-10-17-18(14-15)23-20(22-17)16(2)21-19(25)8-7-13-24-11-5-3-4-6-12-24/h9-10,14,16H,3-8,11-13H2,1-2H3,(H,21,25)(H,22,23). The van der Waals surface area contributed by atoms with Crippen LogP contribution in [0, 0.1) is 6.92 Å². The quantitative estimate of drug-likeness (QED) is 0.841. The van der Waals surface area contributed by atoms with E-state index in [1.165, 1.54) is 44.3 Å². The lowest BCUT2D eigenvalue weighted by atomic mass is 10.2. The van der Waals surface area contributed by atoms with Gasteiger partial charge >= 0.3 is 0 Å². The Labute approximate surface area is 150 Å². The molecule has 25 heavy (non-hydrogen) atoms. The van der Waals surface area contributed by atoms with Gasteiger partial charge in [0.05, 0.1) is 17.1 Å². The van der Waals surface area contributed by atoms with Gasteiger partial charge in [-0.25, -0.2) is 4.98 Å². The minimum atomic E-state index is -0.0987. The molecule has 1 saturated heterocycles. The lowest BCUT2D eigenvalue weighted by Crippen LogP contribution is -2.30. The van der Waals surface area contributed by atoms with Gasteiger partial charge in [-0.1, -0.05) is 18.9 Å². The molecule has 1 amide bonds. The summed E-state index contributed by atoms with van der Waals surface area (Å²) in [7, 11) is 0. The van der Waals surface area contributed by atoms with Crippen LogP contribution in [0.2, 0.25) is 0 Å². The van der Waals surface area contributed by atoms with E-state index in [2.05, 4.69) is 39.2 Å². The molecule has 0 saturated carbocycles. The summed E-state index contributed by atoms with van der Waals surface area (Å²) in [5.74, 6) is 0.931. The van der Waals surface area contributed by atoms with Crippen LogP contribution in [0.3, 0.4) is 0 Å². The molecule has 1 aromatic heterocycles. The van der Waals surface area contributed by atoms with Crippen LogP contribution in [0.1, 0.15) is 62.9 Å². The van der Waals surface area contributed by atoms with Crippen LogP contribution in [0.15, 0.2) is 18.2 Å². The first-order valence-electron chi connectivity index (χ1n) is 9.60. The van der Waals surface area contributed by atoms with E-state index in [1.54, 1.807) is 0 Å². The van der Waals surface area contributed by atoms with Gasteiger partial charge in [-0.15, -0.1) is 0 Å². The highest BCUT2D eigenvalue weighted by Gasteiger charge is 2.14. The van der Waals surface area contributed by atoms with E-state index in [-0.39, 0.29) is 11.9 Å². The van der Waals surface area contributed by atoms with Crippen molar-refractivity contribution < 1.29 is 4.79 Å². The average molecular weight is 342 g/mol. The van der Waals surface area contributed by atoms with E-state index in [9.17, 15) is 4.79 Å². The first kappa shape index (κ1) is 17.9. The van der Waals surface area contributed by atoms with Crippen LogP contribution < -0.4 is 5.32 Å². The van der Waals surface area contributed by atoms with Crippen LogP contribution in [-0.2, 0) is 4.79 Å². The third-order valence-corrected chi connectivity index (χ3v) is 5.02. The van der Waals surface area contributed by atoms with Gasteiger partial charge in [0.15, 0.2) is 0 Å². The molecule has 136 valence electrons. The van der Waals surface area contributed by atoms with Gasteiger partial charge in [0, 0.05) is 6.42 Å². The van der Waals surface area contributed by atoms with Crippen molar-refractivity contribution >= 4 is 16.9 Å². The van der Waals surface area contributed by atoms with Crippen molar-refractivity contribution in [1.29, 1.82) is 0 Å². The summed E-state index contributed by atoms with van der Waals surface area (Å²) < 4.78 is 0. The highest BCUT2D eigenvalue weighted by atomic mass is 16.1. The number of hydrogen-bond donors (Lipinski definition) is 2. The maximum Gasteiger partial charge on any atom is 0.220 e. The SMILES string of the molecule is Cc1ccc2nc(C(C)NC(=O)CCCN3CCCCCC3)[nH]c2c1. The van der Waals surface area contributed by atoms with Gasteiger partial charge in [0.25, 0.3) is 0 Å². The summed E-state index contributed by atoms with van der Waals surface area (Å²) in [6.45, 7) is 7.46. The van der Waals surface area contributed by atoms with Crippen molar-refractivity contribution in [3.63, 3.8) is 0 Å². The van der Waals surface area contributed by atoms with E-state index >= 15 is 0 Å². The number of benzene rings is 1. The van der Waals surface area contributed by atoms with Crippen molar-refractivity contribution in [2.75, 3.05) is 19.6 Å². The molecular formula is C20H30N4O. The Bertz CT molecular complexity index is 701. The summed E-state index contributed by atoms with van der Waals surface area (Å²) in [6, 6.07) is 6.06. The molecule has 1 aliphatic rings. The average Bonchev–Trinajstić information content (AvgIpc) is 2.82. The van der Waals surface area contributed by atoms with Crippen LogP contribution >= 0.6 is 0 Å². The molecule has 5 nitrogen and oxygen atoms in total. The number of hydrogen-bond acceptors (Lipinski definition) is 3. The number of carbonyl (C=O) groups is 1. The third kappa shape index (κ3) is 5.05. The predicted octanol–water partition coefficient (Wildman–Crippen LogP) is 3.70. The number of likely N-dealkylation sites (tertiary alicyclic amines) is 1. The lowest BCUT2D eigenvalue weighted by Gasteiger charge is -2.19. The Hall–Kier alpha value is -1.88. The number of nitrogens with zero attached hydrogens (tertiary/aromatic N) is 2. The topological polar surface area (TPSA) is 61.0 Å². The third-order valence-electron chi connectivity index (χ3n) is 5.02. The van der Waals surface area contributed by atoms with E-state index in [0.29, 0.717) is 6.42 Å². The first-order chi connectivity index (χ1) is 12.1. The van der Waals surface area contributed by atoms with E-state index in [0.717, 1.165) is 29.8 Å². The molecular weight excluding hydrogens is 312 g/mol. The molecule has 5 heteroatoms. The van der Waals surface area contributed by atoms with Crippen molar-refractivity contribution in [1.82, 2.24) is 20.2 Å². The second-order valence-electron chi connectivity index (χ2n) is 7.29. The largest absolute Gasteiger partial charge is 0.346 e. The monoisotopic (exact) mass is 342 g/mol. The Morgan fingerprint density at radius 3 is 2.80 bits per heavy atom. The molecule has 1 aromatic carbocycles. The second-order valence-corrected chi connectivity index (χ2v) is 7.29.